The Morgan fingerprint density at radius 3 is 2.71 bits per heavy atom. The van der Waals surface area contributed by atoms with Crippen molar-refractivity contribution in [2.45, 2.75) is 45.2 Å². The summed E-state index contributed by atoms with van der Waals surface area (Å²) in [5.41, 5.74) is -1.85. The molecule has 1 aliphatic heterocycles. The van der Waals surface area contributed by atoms with Crippen molar-refractivity contribution in [2.75, 3.05) is 24.6 Å². The van der Waals surface area contributed by atoms with Crippen LogP contribution in [0.5, 0.6) is 0 Å². The number of alkyl halides is 3. The third-order valence-corrected chi connectivity index (χ3v) is 6.23. The third-order valence-electron chi connectivity index (χ3n) is 6.23. The molecule has 0 unspecified atom stereocenters. The molecule has 0 atom stereocenters. The number of esters is 1. The fourth-order valence-corrected chi connectivity index (χ4v) is 4.47. The summed E-state index contributed by atoms with van der Waals surface area (Å²) >= 11 is 0. The van der Waals surface area contributed by atoms with Gasteiger partial charge >= 0.3 is 17.8 Å². The Labute approximate surface area is 194 Å². The lowest BCUT2D eigenvalue weighted by Crippen LogP contribution is -2.38. The van der Waals surface area contributed by atoms with E-state index in [0.717, 1.165) is 0 Å². The fraction of sp³-hybridized carbons (Fsp3) is 0.400. The van der Waals surface area contributed by atoms with Gasteiger partial charge in [0.25, 0.3) is 0 Å². The van der Waals surface area contributed by atoms with Gasteiger partial charge in [0.2, 0.25) is 0 Å². The first-order valence-electron chi connectivity index (χ1n) is 11.1. The van der Waals surface area contributed by atoms with Gasteiger partial charge in [-0.05, 0) is 36.5 Å². The second kappa shape index (κ2) is 8.77. The number of hydrogen-bond donors (Lipinski definition) is 0. The second-order valence-corrected chi connectivity index (χ2v) is 8.92. The number of carbonyl (C=O) groups excluding carboxylic acids is 1. The number of ether oxygens (including phenoxy) is 1. The number of rotatable bonds is 5. The summed E-state index contributed by atoms with van der Waals surface area (Å²) in [6, 6.07) is 5.84. The molecule has 0 saturated carbocycles. The normalized spacial score (nSPS) is 15.3. The summed E-state index contributed by atoms with van der Waals surface area (Å²) in [4.78, 5) is 30.5. The minimum Gasteiger partial charge on any atom is -0.466 e. The summed E-state index contributed by atoms with van der Waals surface area (Å²) in [6.07, 6.45) is -1.34. The standard InChI is InChI=1S/C25H25F3N2O4/c1-4-33-20(31)7-10-30-11-8-24(2,3)17-12-16-19(13-18(17)30)34-23(32)21(22(16)25(26,27)28)15-6-5-9-29-14-15/h5-6,9,12-14H,4,7-8,10-11H2,1-3H3. The SMILES string of the molecule is CCOC(=O)CCN1CCC(C)(C)c2cc3c(C(F)(F)F)c(-c4cccnc4)c(=O)oc3cc21. The van der Waals surface area contributed by atoms with E-state index in [9.17, 15) is 22.8 Å². The van der Waals surface area contributed by atoms with Crippen molar-refractivity contribution in [1.82, 2.24) is 4.98 Å². The predicted octanol–water partition coefficient (Wildman–Crippen LogP) is 5.31. The van der Waals surface area contributed by atoms with Crippen LogP contribution in [0.25, 0.3) is 22.1 Å². The molecule has 9 heteroatoms. The maximum atomic E-state index is 14.4. The Balaban J connectivity index is 1.94. The highest BCUT2D eigenvalue weighted by atomic mass is 19.4. The molecule has 0 bridgehead atoms. The van der Waals surface area contributed by atoms with Crippen LogP contribution in [-0.2, 0) is 21.1 Å². The lowest BCUT2D eigenvalue weighted by Gasteiger charge is -2.40. The van der Waals surface area contributed by atoms with E-state index in [-0.39, 0.29) is 35.5 Å². The van der Waals surface area contributed by atoms with Crippen molar-refractivity contribution in [2.24, 2.45) is 0 Å². The number of halogens is 3. The van der Waals surface area contributed by atoms with Crippen LogP contribution in [0, 0.1) is 0 Å². The summed E-state index contributed by atoms with van der Waals surface area (Å²) in [6.45, 7) is 6.89. The van der Waals surface area contributed by atoms with E-state index >= 15 is 0 Å². The number of nitrogens with zero attached hydrogens (tertiary/aromatic N) is 2. The average molecular weight is 474 g/mol. The van der Waals surface area contributed by atoms with E-state index in [1.54, 1.807) is 6.92 Å². The van der Waals surface area contributed by atoms with Crippen LogP contribution in [0.2, 0.25) is 0 Å². The number of carbonyl (C=O) groups is 1. The highest BCUT2D eigenvalue weighted by Gasteiger charge is 2.40. The molecule has 0 fully saturated rings. The molecule has 34 heavy (non-hydrogen) atoms. The smallest absolute Gasteiger partial charge is 0.417 e. The van der Waals surface area contributed by atoms with E-state index in [0.29, 0.717) is 30.8 Å². The maximum Gasteiger partial charge on any atom is 0.417 e. The predicted molar refractivity (Wildman–Crippen MR) is 122 cm³/mol. The van der Waals surface area contributed by atoms with Crippen molar-refractivity contribution in [3.05, 3.63) is 58.2 Å². The Bertz CT molecular complexity index is 1280. The average Bonchev–Trinajstić information content (AvgIpc) is 2.77. The first-order chi connectivity index (χ1) is 16.0. The Morgan fingerprint density at radius 1 is 1.29 bits per heavy atom. The van der Waals surface area contributed by atoms with E-state index < -0.39 is 28.3 Å². The van der Waals surface area contributed by atoms with E-state index in [2.05, 4.69) is 4.98 Å². The van der Waals surface area contributed by atoms with Gasteiger partial charge in [0, 0.05) is 48.2 Å². The van der Waals surface area contributed by atoms with Gasteiger partial charge in [-0.3, -0.25) is 9.78 Å². The van der Waals surface area contributed by atoms with E-state index in [1.165, 1.54) is 36.7 Å². The van der Waals surface area contributed by atoms with Gasteiger partial charge in [0.15, 0.2) is 0 Å². The molecule has 0 amide bonds. The quantitative estimate of drug-likeness (QED) is 0.368. The molecule has 1 aliphatic rings. The van der Waals surface area contributed by atoms with Crippen LogP contribution in [0.1, 0.15) is 44.7 Å². The highest BCUT2D eigenvalue weighted by molar-refractivity contribution is 5.91. The zero-order chi connectivity index (χ0) is 24.7. The van der Waals surface area contributed by atoms with Crippen molar-refractivity contribution < 1.29 is 27.1 Å². The highest BCUT2D eigenvalue weighted by Crippen LogP contribution is 2.46. The van der Waals surface area contributed by atoms with E-state index in [4.69, 9.17) is 9.15 Å². The Morgan fingerprint density at radius 2 is 2.06 bits per heavy atom. The lowest BCUT2D eigenvalue weighted by atomic mass is 9.76. The van der Waals surface area contributed by atoms with Gasteiger partial charge in [0.05, 0.1) is 24.2 Å². The number of aromatic nitrogens is 1. The molecule has 1 aromatic carbocycles. The van der Waals surface area contributed by atoms with Crippen LogP contribution in [-0.4, -0.2) is 30.6 Å². The summed E-state index contributed by atoms with van der Waals surface area (Å²) < 4.78 is 53.5. The van der Waals surface area contributed by atoms with E-state index in [1.807, 2.05) is 18.7 Å². The molecule has 3 heterocycles. The van der Waals surface area contributed by atoms with Gasteiger partial charge < -0.3 is 14.1 Å². The second-order valence-electron chi connectivity index (χ2n) is 8.92. The molecule has 180 valence electrons. The number of fused-ring (bicyclic) bond motifs is 2. The van der Waals surface area contributed by atoms with Gasteiger partial charge in [-0.25, -0.2) is 4.79 Å². The van der Waals surface area contributed by atoms with Crippen LogP contribution in [0.4, 0.5) is 18.9 Å². The monoisotopic (exact) mass is 474 g/mol. The summed E-state index contributed by atoms with van der Waals surface area (Å²) in [5.74, 6) is -0.346. The third kappa shape index (κ3) is 4.38. The first-order valence-corrected chi connectivity index (χ1v) is 11.1. The van der Waals surface area contributed by atoms with Crippen molar-refractivity contribution >= 4 is 22.6 Å². The molecule has 0 aliphatic carbocycles. The van der Waals surface area contributed by atoms with Crippen molar-refractivity contribution in [1.29, 1.82) is 0 Å². The molecule has 4 rings (SSSR count). The molecule has 2 aromatic heterocycles. The fourth-order valence-electron chi connectivity index (χ4n) is 4.47. The number of benzene rings is 1. The maximum absolute atomic E-state index is 14.4. The van der Waals surface area contributed by atoms with Gasteiger partial charge in [-0.1, -0.05) is 19.9 Å². The first kappa shape index (κ1) is 23.8. The van der Waals surface area contributed by atoms with Gasteiger partial charge in [-0.15, -0.1) is 0 Å². The zero-order valence-electron chi connectivity index (χ0n) is 19.2. The minimum atomic E-state index is -4.80. The van der Waals surface area contributed by atoms with Crippen LogP contribution in [0.3, 0.4) is 0 Å². The molecule has 0 N–H and O–H groups in total. The van der Waals surface area contributed by atoms with Crippen LogP contribution < -0.4 is 10.5 Å². The minimum absolute atomic E-state index is 0.0403. The van der Waals surface area contributed by atoms with Crippen molar-refractivity contribution in [3.8, 4) is 11.1 Å². The van der Waals surface area contributed by atoms with Crippen molar-refractivity contribution in [3.63, 3.8) is 0 Å². The summed E-state index contributed by atoms with van der Waals surface area (Å²) in [7, 11) is 0. The Kier molecular flexibility index (Phi) is 6.14. The van der Waals surface area contributed by atoms with Crippen LogP contribution in [0.15, 0.2) is 45.9 Å². The zero-order valence-corrected chi connectivity index (χ0v) is 19.2. The topological polar surface area (TPSA) is 72.6 Å². The number of hydrogen-bond acceptors (Lipinski definition) is 6. The summed E-state index contributed by atoms with van der Waals surface area (Å²) in [5, 5.41) is -0.176. The molecule has 0 radical (unpaired) electrons. The number of anilines is 1. The lowest BCUT2D eigenvalue weighted by molar-refractivity contribution is -0.143. The molecular weight excluding hydrogens is 449 g/mol. The van der Waals surface area contributed by atoms with Crippen LogP contribution >= 0.6 is 0 Å². The van der Waals surface area contributed by atoms with Gasteiger partial charge in [-0.2, -0.15) is 13.2 Å². The van der Waals surface area contributed by atoms with Gasteiger partial charge in [0.1, 0.15) is 5.58 Å². The molecule has 0 spiro atoms. The molecular formula is C25H25F3N2O4. The number of pyridine rings is 1. The molecule has 3 aromatic rings. The molecule has 6 nitrogen and oxygen atoms in total. The molecule has 0 saturated heterocycles. The largest absolute Gasteiger partial charge is 0.466 e. The Hall–Kier alpha value is -3.36.